The Kier molecular flexibility index (Phi) is 3.55. The van der Waals surface area contributed by atoms with Gasteiger partial charge in [-0.3, -0.25) is 4.79 Å². The molecule has 0 saturated heterocycles. The number of fused-ring (bicyclic) bond motifs is 2. The van der Waals surface area contributed by atoms with E-state index in [0.717, 1.165) is 31.7 Å². The summed E-state index contributed by atoms with van der Waals surface area (Å²) in [6.45, 7) is 0.473. The number of hydrogen-bond acceptors (Lipinski definition) is 3. The Morgan fingerprint density at radius 2 is 1.96 bits per heavy atom. The highest BCUT2D eigenvalue weighted by atomic mass is 32.1. The van der Waals surface area contributed by atoms with Gasteiger partial charge < -0.3 is 10.3 Å². The number of hydrogen-bond donors (Lipinski definition) is 2. The Morgan fingerprint density at radius 3 is 2.87 bits per heavy atom. The third kappa shape index (κ3) is 2.83. The van der Waals surface area contributed by atoms with E-state index >= 15 is 0 Å². The number of nitrogens with one attached hydrogen (secondary N) is 2. The molecular weight excluding hydrogens is 306 g/mol. The molecule has 0 atom stereocenters. The van der Waals surface area contributed by atoms with Gasteiger partial charge >= 0.3 is 0 Å². The Morgan fingerprint density at radius 1 is 1.13 bits per heavy atom. The van der Waals surface area contributed by atoms with Gasteiger partial charge in [-0.2, -0.15) is 0 Å². The van der Waals surface area contributed by atoms with Gasteiger partial charge in [-0.1, -0.05) is 30.3 Å². The average molecular weight is 321 g/mol. The van der Waals surface area contributed by atoms with Crippen LogP contribution in [0.15, 0.2) is 54.7 Å². The lowest BCUT2D eigenvalue weighted by Crippen LogP contribution is -2.24. The monoisotopic (exact) mass is 321 g/mol. The number of amides is 1. The van der Waals surface area contributed by atoms with Crippen LogP contribution < -0.4 is 5.32 Å². The van der Waals surface area contributed by atoms with E-state index in [2.05, 4.69) is 15.3 Å². The van der Waals surface area contributed by atoms with Gasteiger partial charge in [0.1, 0.15) is 5.01 Å². The number of aromatic amines is 1. The van der Waals surface area contributed by atoms with E-state index in [1.165, 1.54) is 0 Å². The van der Waals surface area contributed by atoms with Crippen LogP contribution in [0.4, 0.5) is 0 Å². The predicted octanol–water partition coefficient (Wildman–Crippen LogP) is 3.64. The van der Waals surface area contributed by atoms with Crippen molar-refractivity contribution in [2.45, 2.75) is 13.0 Å². The highest BCUT2D eigenvalue weighted by Crippen LogP contribution is 2.21. The quantitative estimate of drug-likeness (QED) is 0.603. The molecule has 5 heteroatoms. The minimum Gasteiger partial charge on any atom is -0.361 e. The lowest BCUT2D eigenvalue weighted by atomic mass is 10.1. The van der Waals surface area contributed by atoms with Crippen molar-refractivity contribution in [1.29, 1.82) is 0 Å². The molecule has 4 aromatic rings. The van der Waals surface area contributed by atoms with Crippen molar-refractivity contribution in [3.63, 3.8) is 0 Å². The Labute approximate surface area is 137 Å². The van der Waals surface area contributed by atoms with Crippen molar-refractivity contribution >= 4 is 38.4 Å². The second-order valence-corrected chi connectivity index (χ2v) is 6.50. The first kappa shape index (κ1) is 14.0. The van der Waals surface area contributed by atoms with Crippen LogP contribution in [0.3, 0.4) is 0 Å². The van der Waals surface area contributed by atoms with Gasteiger partial charge in [0.2, 0.25) is 5.91 Å². The number of H-pyrrole nitrogens is 1. The molecule has 0 aliphatic rings. The molecular formula is C18H15N3OS. The molecule has 114 valence electrons. The number of carbonyl (C=O) groups excluding carboxylic acids is 1. The fourth-order valence-electron chi connectivity index (χ4n) is 2.68. The summed E-state index contributed by atoms with van der Waals surface area (Å²) < 4.78 is 1.15. The second-order valence-electron chi connectivity index (χ2n) is 5.39. The molecule has 4 nitrogen and oxygen atoms in total. The van der Waals surface area contributed by atoms with Crippen molar-refractivity contribution in [1.82, 2.24) is 15.3 Å². The largest absolute Gasteiger partial charge is 0.361 e. The van der Waals surface area contributed by atoms with E-state index in [1.807, 2.05) is 54.7 Å². The zero-order chi connectivity index (χ0) is 15.6. The first-order valence-corrected chi connectivity index (χ1v) is 8.27. The standard InChI is InChI=1S/C18H15N3OS/c22-17(9-12-10-19-14-6-2-1-5-13(12)14)20-11-18-21-15-7-3-4-8-16(15)23-18/h1-8,10,19H,9,11H2,(H,20,22). The number of carbonyl (C=O) groups is 1. The molecule has 0 aliphatic heterocycles. The summed E-state index contributed by atoms with van der Waals surface area (Å²) in [6, 6.07) is 16.0. The Balaban J connectivity index is 1.43. The topological polar surface area (TPSA) is 57.8 Å². The van der Waals surface area contributed by atoms with Gasteiger partial charge in [-0.05, 0) is 23.8 Å². The van der Waals surface area contributed by atoms with Gasteiger partial charge in [-0.25, -0.2) is 4.98 Å². The van der Waals surface area contributed by atoms with E-state index < -0.39 is 0 Å². The lowest BCUT2D eigenvalue weighted by molar-refractivity contribution is -0.120. The predicted molar refractivity (Wildman–Crippen MR) is 93.5 cm³/mol. The summed E-state index contributed by atoms with van der Waals surface area (Å²) in [5.74, 6) is 0.00834. The molecule has 0 unspecified atom stereocenters. The highest BCUT2D eigenvalue weighted by Gasteiger charge is 2.09. The fraction of sp³-hybridized carbons (Fsp3) is 0.111. The van der Waals surface area contributed by atoms with Gasteiger partial charge in [0.15, 0.2) is 0 Å². The number of nitrogens with zero attached hydrogens (tertiary/aromatic N) is 1. The number of benzene rings is 2. The van der Waals surface area contributed by atoms with E-state index in [0.29, 0.717) is 13.0 Å². The summed E-state index contributed by atoms with van der Waals surface area (Å²) in [5, 5.41) is 4.99. The minimum absolute atomic E-state index is 0.00834. The van der Waals surface area contributed by atoms with Crippen LogP contribution >= 0.6 is 11.3 Å². The highest BCUT2D eigenvalue weighted by molar-refractivity contribution is 7.18. The Bertz CT molecular complexity index is 953. The average Bonchev–Trinajstić information content (AvgIpc) is 3.17. The molecule has 0 aliphatic carbocycles. The van der Waals surface area contributed by atoms with Crippen molar-refractivity contribution in [2.24, 2.45) is 0 Å². The summed E-state index contributed by atoms with van der Waals surface area (Å²) in [4.78, 5) is 19.9. The molecule has 0 fully saturated rings. The van der Waals surface area contributed by atoms with Crippen LogP contribution in [0.25, 0.3) is 21.1 Å². The molecule has 0 bridgehead atoms. The molecule has 0 spiro atoms. The fourth-order valence-corrected chi connectivity index (χ4v) is 3.59. The van der Waals surface area contributed by atoms with E-state index in [1.54, 1.807) is 11.3 Å². The van der Waals surface area contributed by atoms with Crippen LogP contribution in [-0.4, -0.2) is 15.9 Å². The van der Waals surface area contributed by atoms with Crippen molar-refractivity contribution in [3.05, 3.63) is 65.3 Å². The van der Waals surface area contributed by atoms with Gasteiger partial charge in [0.05, 0.1) is 23.2 Å². The van der Waals surface area contributed by atoms with Crippen molar-refractivity contribution < 1.29 is 4.79 Å². The summed E-state index contributed by atoms with van der Waals surface area (Å²) in [7, 11) is 0. The molecule has 4 rings (SSSR count). The molecule has 2 heterocycles. The van der Waals surface area contributed by atoms with Gasteiger partial charge in [0, 0.05) is 17.1 Å². The van der Waals surface area contributed by atoms with Crippen molar-refractivity contribution in [2.75, 3.05) is 0 Å². The van der Waals surface area contributed by atoms with E-state index in [4.69, 9.17) is 0 Å². The zero-order valence-corrected chi connectivity index (χ0v) is 13.2. The molecule has 2 aromatic heterocycles. The number of rotatable bonds is 4. The number of thiazole rings is 1. The third-order valence-electron chi connectivity index (χ3n) is 3.80. The third-order valence-corrected chi connectivity index (χ3v) is 4.84. The Hall–Kier alpha value is -2.66. The van der Waals surface area contributed by atoms with Gasteiger partial charge in [-0.15, -0.1) is 11.3 Å². The maximum atomic E-state index is 12.2. The van der Waals surface area contributed by atoms with Crippen LogP contribution in [0.2, 0.25) is 0 Å². The normalized spacial score (nSPS) is 11.1. The molecule has 0 radical (unpaired) electrons. The van der Waals surface area contributed by atoms with Crippen LogP contribution in [0, 0.1) is 0 Å². The van der Waals surface area contributed by atoms with E-state index in [-0.39, 0.29) is 5.91 Å². The minimum atomic E-state index is 0.00834. The summed E-state index contributed by atoms with van der Waals surface area (Å²) in [5.41, 5.74) is 3.06. The first-order valence-electron chi connectivity index (χ1n) is 7.46. The summed E-state index contributed by atoms with van der Waals surface area (Å²) in [6.07, 6.45) is 2.27. The first-order chi connectivity index (χ1) is 11.3. The van der Waals surface area contributed by atoms with Crippen LogP contribution in [0.5, 0.6) is 0 Å². The number of aromatic nitrogens is 2. The molecule has 0 saturated carbocycles. The molecule has 2 aromatic carbocycles. The van der Waals surface area contributed by atoms with Gasteiger partial charge in [0.25, 0.3) is 0 Å². The van der Waals surface area contributed by atoms with E-state index in [9.17, 15) is 4.79 Å². The maximum Gasteiger partial charge on any atom is 0.224 e. The molecule has 2 N–H and O–H groups in total. The van der Waals surface area contributed by atoms with Crippen LogP contribution in [0.1, 0.15) is 10.6 Å². The smallest absolute Gasteiger partial charge is 0.224 e. The zero-order valence-electron chi connectivity index (χ0n) is 12.4. The van der Waals surface area contributed by atoms with Crippen LogP contribution in [-0.2, 0) is 17.8 Å². The second kappa shape index (κ2) is 5.85. The summed E-state index contributed by atoms with van der Waals surface area (Å²) >= 11 is 1.62. The molecule has 1 amide bonds. The lowest BCUT2D eigenvalue weighted by Gasteiger charge is -2.02. The SMILES string of the molecule is O=C(Cc1c[nH]c2ccccc12)NCc1nc2ccccc2s1. The number of para-hydroxylation sites is 2. The van der Waals surface area contributed by atoms with Crippen molar-refractivity contribution in [3.8, 4) is 0 Å². The molecule has 23 heavy (non-hydrogen) atoms. The maximum absolute atomic E-state index is 12.2.